The Bertz CT molecular complexity index is 188. The highest BCUT2D eigenvalue weighted by Gasteiger charge is 2.36. The van der Waals surface area contributed by atoms with Crippen LogP contribution >= 0.6 is 0 Å². The molecule has 0 aliphatic carbocycles. The minimum atomic E-state index is 0.126. The van der Waals surface area contributed by atoms with Gasteiger partial charge in [0, 0.05) is 13.0 Å². The Morgan fingerprint density at radius 2 is 2.23 bits per heavy atom. The second kappa shape index (κ2) is 3.81. The molecule has 0 N–H and O–H groups in total. The predicted octanol–water partition coefficient (Wildman–Crippen LogP) is 2.29. The van der Waals surface area contributed by atoms with Crippen LogP contribution in [0.3, 0.4) is 0 Å². The molecule has 2 heterocycles. The average Bonchev–Trinajstić information content (AvgIpc) is 2.31. The largest absolute Gasteiger partial charge is 0.378 e. The molecule has 0 saturated carbocycles. The molecule has 0 amide bonds. The summed E-state index contributed by atoms with van der Waals surface area (Å²) in [6.45, 7) is 3.79. The van der Waals surface area contributed by atoms with Gasteiger partial charge in [-0.2, -0.15) is 0 Å². The molecule has 0 radical (unpaired) electrons. The summed E-state index contributed by atoms with van der Waals surface area (Å²) < 4.78 is 11.5. The van der Waals surface area contributed by atoms with E-state index in [0.717, 1.165) is 38.9 Å². The van der Waals surface area contributed by atoms with Crippen molar-refractivity contribution in [1.29, 1.82) is 0 Å². The van der Waals surface area contributed by atoms with Crippen molar-refractivity contribution in [3.05, 3.63) is 12.2 Å². The lowest BCUT2D eigenvalue weighted by atomic mass is 9.86. The summed E-state index contributed by atoms with van der Waals surface area (Å²) in [5, 5.41) is 0. The van der Waals surface area contributed by atoms with E-state index in [1.807, 2.05) is 0 Å². The summed E-state index contributed by atoms with van der Waals surface area (Å²) in [6, 6.07) is 0. The molecule has 0 aromatic carbocycles. The van der Waals surface area contributed by atoms with Crippen LogP contribution in [0.5, 0.6) is 0 Å². The van der Waals surface area contributed by atoms with Crippen LogP contribution in [0.2, 0.25) is 0 Å². The van der Waals surface area contributed by atoms with Crippen LogP contribution in [0.15, 0.2) is 12.2 Å². The highest BCUT2D eigenvalue weighted by atomic mass is 16.5. The van der Waals surface area contributed by atoms with E-state index < -0.39 is 0 Å². The van der Waals surface area contributed by atoms with Gasteiger partial charge in [0.2, 0.25) is 0 Å². The third-order valence-electron chi connectivity index (χ3n) is 3.04. The van der Waals surface area contributed by atoms with E-state index >= 15 is 0 Å². The molecule has 2 aliphatic heterocycles. The Morgan fingerprint density at radius 1 is 1.31 bits per heavy atom. The molecule has 2 heteroatoms. The van der Waals surface area contributed by atoms with Crippen LogP contribution in [0.25, 0.3) is 0 Å². The SMILES string of the molecule is CC1CC2(CCC=CCO2)CCO1. The standard InChI is InChI=1S/C11H18O2/c1-10-9-11(6-8-12-10)5-3-2-4-7-13-11/h2,4,10H,3,5-9H2,1H3. The molecule has 1 saturated heterocycles. The van der Waals surface area contributed by atoms with Crippen molar-refractivity contribution in [3.63, 3.8) is 0 Å². The Hall–Kier alpha value is -0.340. The van der Waals surface area contributed by atoms with Crippen LogP contribution in [-0.2, 0) is 9.47 Å². The van der Waals surface area contributed by atoms with E-state index in [1.165, 1.54) is 0 Å². The quantitative estimate of drug-likeness (QED) is 0.535. The maximum atomic E-state index is 5.94. The molecule has 1 fully saturated rings. The second-order valence-corrected chi connectivity index (χ2v) is 4.14. The summed E-state index contributed by atoms with van der Waals surface area (Å²) in [5.41, 5.74) is 0.126. The lowest BCUT2D eigenvalue weighted by Gasteiger charge is -2.39. The van der Waals surface area contributed by atoms with E-state index in [-0.39, 0.29) is 5.60 Å². The summed E-state index contributed by atoms with van der Waals surface area (Å²) in [5.74, 6) is 0. The van der Waals surface area contributed by atoms with Crippen LogP contribution in [-0.4, -0.2) is 24.9 Å². The molecule has 74 valence electrons. The molecule has 13 heavy (non-hydrogen) atoms. The fourth-order valence-corrected chi connectivity index (χ4v) is 2.32. The van der Waals surface area contributed by atoms with E-state index in [0.29, 0.717) is 6.10 Å². The molecule has 2 atom stereocenters. The Kier molecular flexibility index (Phi) is 2.70. The number of hydrogen-bond acceptors (Lipinski definition) is 2. The maximum Gasteiger partial charge on any atom is 0.0736 e. The van der Waals surface area contributed by atoms with Gasteiger partial charge in [-0.25, -0.2) is 0 Å². The van der Waals surface area contributed by atoms with E-state index in [9.17, 15) is 0 Å². The van der Waals surface area contributed by atoms with Gasteiger partial charge in [-0.1, -0.05) is 12.2 Å². The molecular formula is C11H18O2. The molecule has 0 bridgehead atoms. The number of allylic oxidation sites excluding steroid dienone is 1. The van der Waals surface area contributed by atoms with Crippen molar-refractivity contribution >= 4 is 0 Å². The zero-order valence-corrected chi connectivity index (χ0v) is 8.29. The first-order chi connectivity index (χ1) is 6.31. The van der Waals surface area contributed by atoms with Crippen LogP contribution < -0.4 is 0 Å². The zero-order valence-electron chi connectivity index (χ0n) is 8.29. The number of rotatable bonds is 0. The van der Waals surface area contributed by atoms with Crippen molar-refractivity contribution in [2.45, 2.75) is 44.3 Å². The third-order valence-corrected chi connectivity index (χ3v) is 3.04. The molecule has 1 spiro atoms. The Labute approximate surface area is 79.9 Å². The van der Waals surface area contributed by atoms with Gasteiger partial charge in [-0.05, 0) is 26.2 Å². The normalized spacial score (nSPS) is 40.5. The van der Waals surface area contributed by atoms with Crippen molar-refractivity contribution in [2.24, 2.45) is 0 Å². The van der Waals surface area contributed by atoms with Crippen molar-refractivity contribution in [2.75, 3.05) is 13.2 Å². The number of ether oxygens (including phenoxy) is 2. The van der Waals surface area contributed by atoms with Gasteiger partial charge in [0.15, 0.2) is 0 Å². The van der Waals surface area contributed by atoms with E-state index in [4.69, 9.17) is 9.47 Å². The predicted molar refractivity (Wildman–Crippen MR) is 51.7 cm³/mol. The molecular weight excluding hydrogens is 164 g/mol. The van der Waals surface area contributed by atoms with Crippen LogP contribution in [0, 0.1) is 0 Å². The lowest BCUT2D eigenvalue weighted by Crippen LogP contribution is -2.41. The fraction of sp³-hybridized carbons (Fsp3) is 0.818. The first-order valence-electron chi connectivity index (χ1n) is 5.21. The van der Waals surface area contributed by atoms with E-state index in [1.54, 1.807) is 0 Å². The summed E-state index contributed by atoms with van der Waals surface area (Å²) in [6.07, 6.45) is 9.19. The summed E-state index contributed by atoms with van der Waals surface area (Å²) in [7, 11) is 0. The highest BCUT2D eigenvalue weighted by molar-refractivity contribution is 4.95. The zero-order chi connectivity index (χ0) is 9.15. The van der Waals surface area contributed by atoms with Gasteiger partial charge in [0.1, 0.15) is 0 Å². The van der Waals surface area contributed by atoms with Crippen LogP contribution in [0.4, 0.5) is 0 Å². The smallest absolute Gasteiger partial charge is 0.0736 e. The molecule has 0 aromatic heterocycles. The summed E-state index contributed by atoms with van der Waals surface area (Å²) >= 11 is 0. The van der Waals surface area contributed by atoms with Gasteiger partial charge in [0.25, 0.3) is 0 Å². The fourth-order valence-electron chi connectivity index (χ4n) is 2.32. The monoisotopic (exact) mass is 182 g/mol. The maximum absolute atomic E-state index is 5.94. The molecule has 2 nitrogen and oxygen atoms in total. The molecule has 0 aromatic rings. The van der Waals surface area contributed by atoms with Gasteiger partial charge in [-0.15, -0.1) is 0 Å². The van der Waals surface area contributed by atoms with Crippen molar-refractivity contribution in [1.82, 2.24) is 0 Å². The van der Waals surface area contributed by atoms with Gasteiger partial charge in [0.05, 0.1) is 18.3 Å². The van der Waals surface area contributed by atoms with Crippen molar-refractivity contribution in [3.8, 4) is 0 Å². The van der Waals surface area contributed by atoms with Gasteiger partial charge >= 0.3 is 0 Å². The van der Waals surface area contributed by atoms with Gasteiger partial charge in [-0.3, -0.25) is 0 Å². The highest BCUT2D eigenvalue weighted by Crippen LogP contribution is 2.34. The first-order valence-corrected chi connectivity index (χ1v) is 5.21. The summed E-state index contributed by atoms with van der Waals surface area (Å²) in [4.78, 5) is 0. The van der Waals surface area contributed by atoms with Crippen LogP contribution in [0.1, 0.15) is 32.6 Å². The van der Waals surface area contributed by atoms with E-state index in [2.05, 4.69) is 19.1 Å². The molecule has 2 aliphatic rings. The number of hydrogen-bond donors (Lipinski definition) is 0. The minimum Gasteiger partial charge on any atom is -0.378 e. The first kappa shape index (κ1) is 9.22. The lowest BCUT2D eigenvalue weighted by molar-refractivity contribution is -0.128. The molecule has 2 unspecified atom stereocenters. The average molecular weight is 182 g/mol. The third kappa shape index (κ3) is 2.12. The topological polar surface area (TPSA) is 18.5 Å². The molecule has 2 rings (SSSR count). The Balaban J connectivity index is 2.01. The van der Waals surface area contributed by atoms with Gasteiger partial charge < -0.3 is 9.47 Å². The minimum absolute atomic E-state index is 0.126. The second-order valence-electron chi connectivity index (χ2n) is 4.14. The van der Waals surface area contributed by atoms with Crippen molar-refractivity contribution < 1.29 is 9.47 Å². The Morgan fingerprint density at radius 3 is 3.08 bits per heavy atom.